The van der Waals surface area contributed by atoms with Crippen molar-refractivity contribution in [1.29, 1.82) is 0 Å². The summed E-state index contributed by atoms with van der Waals surface area (Å²) in [6.07, 6.45) is 4.99. The highest BCUT2D eigenvalue weighted by atomic mass is 35.5. The Balaban J connectivity index is 2.29. The molecule has 0 nitrogen and oxygen atoms in total. The van der Waals surface area contributed by atoms with Gasteiger partial charge in [0.1, 0.15) is 0 Å². The Bertz CT molecular complexity index is 301. The standard InChI is InChI=1S/C11H11Cl2/c12-9-5-6-10(11(13)7-9)8-3-1-2-4-8/h5-7H,1-4H2. The third-order valence-electron chi connectivity index (χ3n) is 2.52. The van der Waals surface area contributed by atoms with E-state index in [4.69, 9.17) is 23.2 Å². The number of hydrogen-bond acceptors (Lipinski definition) is 0. The van der Waals surface area contributed by atoms with E-state index in [1.807, 2.05) is 18.2 Å². The smallest absolute Gasteiger partial charge is 0.0458 e. The van der Waals surface area contributed by atoms with Gasteiger partial charge in [0, 0.05) is 16.0 Å². The van der Waals surface area contributed by atoms with E-state index in [1.54, 1.807) is 0 Å². The third kappa shape index (κ3) is 2.00. The van der Waals surface area contributed by atoms with E-state index in [-0.39, 0.29) is 0 Å². The van der Waals surface area contributed by atoms with Crippen molar-refractivity contribution in [1.82, 2.24) is 0 Å². The molecular weight excluding hydrogens is 203 g/mol. The van der Waals surface area contributed by atoms with Gasteiger partial charge >= 0.3 is 0 Å². The van der Waals surface area contributed by atoms with Gasteiger partial charge < -0.3 is 0 Å². The van der Waals surface area contributed by atoms with Gasteiger partial charge in [0.25, 0.3) is 0 Å². The van der Waals surface area contributed by atoms with E-state index in [9.17, 15) is 0 Å². The lowest BCUT2D eigenvalue weighted by Gasteiger charge is -2.10. The zero-order chi connectivity index (χ0) is 9.26. The van der Waals surface area contributed by atoms with Crippen LogP contribution in [0.3, 0.4) is 0 Å². The summed E-state index contributed by atoms with van der Waals surface area (Å²) in [5, 5.41) is 1.51. The van der Waals surface area contributed by atoms with Crippen LogP contribution in [0.5, 0.6) is 0 Å². The zero-order valence-corrected chi connectivity index (χ0v) is 8.83. The molecule has 0 aliphatic heterocycles. The van der Waals surface area contributed by atoms with Crippen LogP contribution in [-0.4, -0.2) is 0 Å². The van der Waals surface area contributed by atoms with Crippen LogP contribution in [0.4, 0.5) is 0 Å². The normalized spacial score (nSPS) is 18.0. The highest BCUT2D eigenvalue weighted by Gasteiger charge is 2.19. The quantitative estimate of drug-likeness (QED) is 0.646. The van der Waals surface area contributed by atoms with Crippen molar-refractivity contribution in [3.8, 4) is 0 Å². The van der Waals surface area contributed by atoms with Gasteiger partial charge in [-0.3, -0.25) is 0 Å². The second kappa shape index (κ2) is 3.89. The van der Waals surface area contributed by atoms with Crippen molar-refractivity contribution < 1.29 is 0 Å². The Morgan fingerprint density at radius 3 is 2.31 bits per heavy atom. The van der Waals surface area contributed by atoms with Gasteiger partial charge in [0.2, 0.25) is 0 Å². The Kier molecular flexibility index (Phi) is 2.80. The average molecular weight is 214 g/mol. The Morgan fingerprint density at radius 2 is 1.69 bits per heavy atom. The lowest BCUT2D eigenvalue weighted by atomic mass is 9.98. The predicted octanol–water partition coefficient (Wildman–Crippen LogP) is 4.49. The molecule has 0 saturated heterocycles. The van der Waals surface area contributed by atoms with Crippen LogP contribution in [0, 0.1) is 5.92 Å². The zero-order valence-electron chi connectivity index (χ0n) is 7.32. The van der Waals surface area contributed by atoms with Crippen LogP contribution in [-0.2, 0) is 0 Å². The molecule has 1 aromatic carbocycles. The second-order valence-electron chi connectivity index (χ2n) is 3.43. The summed E-state index contributed by atoms with van der Waals surface area (Å²) in [6.45, 7) is 0. The number of hydrogen-bond donors (Lipinski definition) is 0. The van der Waals surface area contributed by atoms with Gasteiger partial charge in [-0.2, -0.15) is 0 Å². The summed E-state index contributed by atoms with van der Waals surface area (Å²) in [7, 11) is 0. The average Bonchev–Trinajstić information content (AvgIpc) is 2.56. The van der Waals surface area contributed by atoms with Gasteiger partial charge in [-0.05, 0) is 30.5 Å². The van der Waals surface area contributed by atoms with Crippen LogP contribution in [0.25, 0.3) is 0 Å². The fourth-order valence-corrected chi connectivity index (χ4v) is 2.39. The molecule has 2 rings (SSSR count). The first-order valence-corrected chi connectivity index (χ1v) is 5.33. The molecule has 0 bridgehead atoms. The molecule has 1 aromatic rings. The highest BCUT2D eigenvalue weighted by Crippen LogP contribution is 2.37. The van der Waals surface area contributed by atoms with Gasteiger partial charge in [0.05, 0.1) is 0 Å². The molecule has 13 heavy (non-hydrogen) atoms. The molecule has 1 radical (unpaired) electrons. The summed E-state index contributed by atoms with van der Waals surface area (Å²) in [6, 6.07) is 5.77. The molecule has 1 fully saturated rings. The van der Waals surface area contributed by atoms with Crippen LogP contribution >= 0.6 is 23.2 Å². The van der Waals surface area contributed by atoms with Crippen molar-refractivity contribution in [2.24, 2.45) is 0 Å². The molecule has 0 N–H and O–H groups in total. The molecule has 1 aliphatic carbocycles. The maximum atomic E-state index is 6.10. The van der Waals surface area contributed by atoms with Crippen LogP contribution in [0.1, 0.15) is 31.2 Å². The molecule has 0 spiro atoms. The van der Waals surface area contributed by atoms with E-state index in [0.29, 0.717) is 5.02 Å². The van der Waals surface area contributed by atoms with Crippen LogP contribution in [0.15, 0.2) is 18.2 Å². The molecule has 0 unspecified atom stereocenters. The molecule has 0 aromatic heterocycles. The van der Waals surface area contributed by atoms with Gasteiger partial charge in [-0.25, -0.2) is 0 Å². The van der Waals surface area contributed by atoms with Crippen molar-refractivity contribution in [2.45, 2.75) is 25.7 Å². The topological polar surface area (TPSA) is 0 Å². The highest BCUT2D eigenvalue weighted by molar-refractivity contribution is 6.35. The van der Waals surface area contributed by atoms with Crippen molar-refractivity contribution in [3.05, 3.63) is 39.7 Å². The van der Waals surface area contributed by atoms with Crippen molar-refractivity contribution >= 4 is 23.2 Å². The Labute approximate surface area is 88.9 Å². The van der Waals surface area contributed by atoms with Gasteiger partial charge in [0.15, 0.2) is 0 Å². The maximum Gasteiger partial charge on any atom is 0.0458 e. The first-order chi connectivity index (χ1) is 6.27. The first kappa shape index (κ1) is 9.36. The third-order valence-corrected chi connectivity index (χ3v) is 3.07. The summed E-state index contributed by atoms with van der Waals surface area (Å²) in [4.78, 5) is 0. The summed E-state index contributed by atoms with van der Waals surface area (Å²) >= 11 is 11.9. The van der Waals surface area contributed by atoms with E-state index in [1.165, 1.54) is 37.2 Å². The lowest BCUT2D eigenvalue weighted by molar-refractivity contribution is 0.886. The predicted molar refractivity (Wildman–Crippen MR) is 57.3 cm³/mol. The van der Waals surface area contributed by atoms with Crippen molar-refractivity contribution in [3.63, 3.8) is 0 Å². The molecule has 0 atom stereocenters. The minimum absolute atomic E-state index is 0.715. The molecule has 0 heterocycles. The molecule has 0 amide bonds. The summed E-state index contributed by atoms with van der Waals surface area (Å²) in [5.41, 5.74) is 1.20. The van der Waals surface area contributed by atoms with Crippen LogP contribution in [0.2, 0.25) is 10.0 Å². The Hall–Kier alpha value is -0.200. The number of halogens is 2. The number of rotatable bonds is 1. The largest absolute Gasteiger partial charge is 0.0843 e. The molecule has 1 aliphatic rings. The monoisotopic (exact) mass is 213 g/mol. The van der Waals surface area contributed by atoms with Crippen molar-refractivity contribution in [2.75, 3.05) is 0 Å². The maximum absolute atomic E-state index is 6.10. The molecule has 1 saturated carbocycles. The minimum atomic E-state index is 0.715. The summed E-state index contributed by atoms with van der Waals surface area (Å²) in [5.74, 6) is 1.49. The van der Waals surface area contributed by atoms with E-state index >= 15 is 0 Å². The fraction of sp³-hybridized carbons (Fsp3) is 0.364. The van der Waals surface area contributed by atoms with E-state index < -0.39 is 0 Å². The van der Waals surface area contributed by atoms with Gasteiger partial charge in [-0.1, -0.05) is 42.1 Å². The van der Waals surface area contributed by atoms with Gasteiger partial charge in [-0.15, -0.1) is 0 Å². The lowest BCUT2D eigenvalue weighted by Crippen LogP contribution is -1.93. The molecule has 69 valence electrons. The first-order valence-electron chi connectivity index (χ1n) is 4.57. The molecular formula is C11H11Cl2. The fourth-order valence-electron chi connectivity index (χ4n) is 1.85. The number of benzene rings is 1. The van der Waals surface area contributed by atoms with Crippen LogP contribution < -0.4 is 0 Å². The SMILES string of the molecule is Clc1ccc([C]2CCCC2)c(Cl)c1. The van der Waals surface area contributed by atoms with E-state index in [0.717, 1.165) is 5.02 Å². The second-order valence-corrected chi connectivity index (χ2v) is 4.28. The minimum Gasteiger partial charge on any atom is -0.0843 e. The molecule has 2 heteroatoms. The summed E-state index contributed by atoms with van der Waals surface area (Å²) < 4.78 is 0. The Morgan fingerprint density at radius 1 is 1.00 bits per heavy atom. The van der Waals surface area contributed by atoms with E-state index in [2.05, 4.69) is 0 Å².